The first-order valence-electron chi connectivity index (χ1n) is 10.9. The van der Waals surface area contributed by atoms with Gasteiger partial charge in [-0.1, -0.05) is 12.1 Å². The highest BCUT2D eigenvalue weighted by molar-refractivity contribution is 5.80. The predicted octanol–water partition coefficient (Wildman–Crippen LogP) is 2.76. The van der Waals surface area contributed by atoms with Gasteiger partial charge in [-0.3, -0.25) is 9.78 Å². The van der Waals surface area contributed by atoms with E-state index in [9.17, 15) is 14.7 Å². The number of carboxylic acid groups (broad SMARTS) is 1. The third kappa shape index (κ3) is 4.78. The highest BCUT2D eigenvalue weighted by atomic mass is 16.4. The van der Waals surface area contributed by atoms with Crippen molar-refractivity contribution in [1.82, 2.24) is 19.8 Å². The Hall–Kier alpha value is -3.16. The molecule has 2 atom stereocenters. The van der Waals surface area contributed by atoms with Gasteiger partial charge >= 0.3 is 12.0 Å². The van der Waals surface area contributed by atoms with Crippen LogP contribution in [-0.2, 0) is 17.6 Å². The van der Waals surface area contributed by atoms with Gasteiger partial charge in [0.1, 0.15) is 11.7 Å². The second kappa shape index (κ2) is 9.32. The van der Waals surface area contributed by atoms with Crippen LogP contribution in [0.15, 0.2) is 36.7 Å². The van der Waals surface area contributed by atoms with Gasteiger partial charge in [0.15, 0.2) is 0 Å². The molecule has 2 N–H and O–H groups in total. The summed E-state index contributed by atoms with van der Waals surface area (Å²) < 4.78 is 0. The predicted molar refractivity (Wildman–Crippen MR) is 117 cm³/mol. The van der Waals surface area contributed by atoms with E-state index in [1.165, 1.54) is 5.56 Å². The Kier molecular flexibility index (Phi) is 6.34. The zero-order chi connectivity index (χ0) is 21.8. The van der Waals surface area contributed by atoms with Gasteiger partial charge in [0.2, 0.25) is 0 Å². The smallest absolute Gasteiger partial charge is 0.320 e. The molecule has 2 aliphatic heterocycles. The SMILES string of the molecule is CC1CN(C[C@H](C(=O)O)c2cccnc2)C(=O)N1CCCc1ccc2c(n1)NCCC2. The number of rotatable bonds is 8. The lowest BCUT2D eigenvalue weighted by Crippen LogP contribution is -2.37. The topological polar surface area (TPSA) is 98.7 Å². The lowest BCUT2D eigenvalue weighted by Gasteiger charge is -2.22. The van der Waals surface area contributed by atoms with Crippen LogP contribution in [0.5, 0.6) is 0 Å². The van der Waals surface area contributed by atoms with Gasteiger partial charge in [0, 0.05) is 50.3 Å². The Labute approximate surface area is 182 Å². The zero-order valence-electron chi connectivity index (χ0n) is 17.8. The highest BCUT2D eigenvalue weighted by Crippen LogP contribution is 2.24. The quantitative estimate of drug-likeness (QED) is 0.677. The normalized spacial score (nSPS) is 19.1. The van der Waals surface area contributed by atoms with Crippen LogP contribution in [0.1, 0.15) is 42.5 Å². The maximum Gasteiger partial charge on any atom is 0.320 e. The van der Waals surface area contributed by atoms with Crippen molar-refractivity contribution in [2.24, 2.45) is 0 Å². The minimum absolute atomic E-state index is 0.0500. The Bertz CT molecular complexity index is 936. The molecule has 2 aromatic heterocycles. The van der Waals surface area contributed by atoms with E-state index in [4.69, 9.17) is 4.98 Å². The van der Waals surface area contributed by atoms with Gasteiger partial charge in [-0.15, -0.1) is 0 Å². The summed E-state index contributed by atoms with van der Waals surface area (Å²) >= 11 is 0. The van der Waals surface area contributed by atoms with Crippen molar-refractivity contribution in [2.75, 3.05) is 31.5 Å². The van der Waals surface area contributed by atoms with Crippen molar-refractivity contribution in [3.05, 3.63) is 53.5 Å². The first kappa shape index (κ1) is 21.1. The third-order valence-electron chi connectivity index (χ3n) is 6.10. The number of aromatic nitrogens is 2. The number of hydrogen-bond donors (Lipinski definition) is 2. The molecule has 0 saturated carbocycles. The molecule has 2 amide bonds. The molecule has 0 radical (unpaired) electrons. The molecule has 1 saturated heterocycles. The van der Waals surface area contributed by atoms with Crippen LogP contribution >= 0.6 is 0 Å². The maximum atomic E-state index is 13.0. The number of anilines is 1. The number of pyridine rings is 2. The summed E-state index contributed by atoms with van der Waals surface area (Å²) in [6, 6.07) is 7.65. The molecule has 2 aromatic rings. The van der Waals surface area contributed by atoms with Crippen molar-refractivity contribution in [2.45, 2.75) is 44.6 Å². The summed E-state index contributed by atoms with van der Waals surface area (Å²) in [5.41, 5.74) is 2.92. The molecule has 0 spiro atoms. The summed E-state index contributed by atoms with van der Waals surface area (Å²) in [5.74, 6) is -0.730. The second-order valence-electron chi connectivity index (χ2n) is 8.35. The van der Waals surface area contributed by atoms with Crippen molar-refractivity contribution < 1.29 is 14.7 Å². The lowest BCUT2D eigenvalue weighted by atomic mass is 10.0. The average molecular weight is 424 g/mol. The summed E-state index contributed by atoms with van der Waals surface area (Å²) in [4.78, 5) is 37.0. The van der Waals surface area contributed by atoms with Crippen LogP contribution in [0.3, 0.4) is 0 Å². The molecule has 8 heteroatoms. The Balaban J connectivity index is 1.34. The maximum absolute atomic E-state index is 13.0. The summed E-state index contributed by atoms with van der Waals surface area (Å²) in [6.07, 6.45) is 7.01. The first-order chi connectivity index (χ1) is 15.0. The molecule has 1 unspecified atom stereocenters. The number of nitrogens with one attached hydrogen (secondary N) is 1. The molecular formula is C23H29N5O3. The van der Waals surface area contributed by atoms with Gasteiger partial charge < -0.3 is 20.2 Å². The molecule has 164 valence electrons. The number of carbonyl (C=O) groups excluding carboxylic acids is 1. The fourth-order valence-electron chi connectivity index (χ4n) is 4.40. The van der Waals surface area contributed by atoms with Crippen LogP contribution in [0.4, 0.5) is 10.6 Å². The largest absolute Gasteiger partial charge is 0.481 e. The molecule has 1 fully saturated rings. The van der Waals surface area contributed by atoms with Crippen molar-refractivity contribution >= 4 is 17.8 Å². The van der Waals surface area contributed by atoms with Crippen molar-refractivity contribution in [3.8, 4) is 0 Å². The molecule has 0 aromatic carbocycles. The van der Waals surface area contributed by atoms with Gasteiger partial charge in [-0.05, 0) is 55.9 Å². The fraction of sp³-hybridized carbons (Fsp3) is 0.478. The van der Waals surface area contributed by atoms with Crippen LogP contribution in [0, 0.1) is 0 Å². The minimum Gasteiger partial charge on any atom is -0.481 e. The third-order valence-corrected chi connectivity index (χ3v) is 6.10. The Morgan fingerprint density at radius 3 is 3.00 bits per heavy atom. The van der Waals surface area contributed by atoms with Gasteiger partial charge in [0.25, 0.3) is 0 Å². The summed E-state index contributed by atoms with van der Waals surface area (Å²) in [6.45, 7) is 4.30. The molecule has 31 heavy (non-hydrogen) atoms. The van der Waals surface area contributed by atoms with E-state index >= 15 is 0 Å². The van der Waals surface area contributed by atoms with Crippen molar-refractivity contribution in [3.63, 3.8) is 0 Å². The number of amides is 2. The molecular weight excluding hydrogens is 394 g/mol. The summed E-state index contributed by atoms with van der Waals surface area (Å²) in [7, 11) is 0. The minimum atomic E-state index is -0.945. The molecule has 8 nitrogen and oxygen atoms in total. The molecule has 2 aliphatic rings. The number of fused-ring (bicyclic) bond motifs is 1. The van der Waals surface area contributed by atoms with E-state index < -0.39 is 11.9 Å². The van der Waals surface area contributed by atoms with Crippen molar-refractivity contribution in [1.29, 1.82) is 0 Å². The standard InChI is InChI=1S/C23H29N5O3/c1-16-14-27(15-20(22(29)30)18-6-2-10-24-13-18)23(31)28(16)12-4-7-19-9-8-17-5-3-11-25-21(17)26-19/h2,6,8-10,13,16,20H,3-5,7,11-12,14-15H2,1H3,(H,25,26)(H,29,30)/t16?,20-/m0/s1. The molecule has 0 bridgehead atoms. The molecule has 4 rings (SSSR count). The van der Waals surface area contributed by atoms with E-state index in [2.05, 4.69) is 22.4 Å². The Morgan fingerprint density at radius 1 is 1.35 bits per heavy atom. The van der Waals surface area contributed by atoms with Crippen LogP contribution in [-0.4, -0.2) is 69.1 Å². The van der Waals surface area contributed by atoms with E-state index in [0.717, 1.165) is 43.7 Å². The first-order valence-corrected chi connectivity index (χ1v) is 10.9. The number of aryl methyl sites for hydroxylation is 2. The number of hydrogen-bond acceptors (Lipinski definition) is 5. The average Bonchev–Trinajstić information content (AvgIpc) is 3.05. The van der Waals surface area contributed by atoms with Crippen LogP contribution in [0.25, 0.3) is 0 Å². The summed E-state index contributed by atoms with van der Waals surface area (Å²) in [5, 5.41) is 13.0. The number of carboxylic acids is 1. The van der Waals surface area contributed by atoms with Gasteiger partial charge in [0.05, 0.1) is 0 Å². The molecule has 0 aliphatic carbocycles. The monoisotopic (exact) mass is 423 g/mol. The van der Waals surface area contributed by atoms with Gasteiger partial charge in [-0.25, -0.2) is 9.78 Å². The number of aliphatic carboxylic acids is 1. The van der Waals surface area contributed by atoms with E-state index in [1.807, 2.05) is 11.8 Å². The van der Waals surface area contributed by atoms with Crippen LogP contribution < -0.4 is 5.32 Å². The number of carbonyl (C=O) groups is 2. The molecule has 4 heterocycles. The van der Waals surface area contributed by atoms with Gasteiger partial charge in [-0.2, -0.15) is 0 Å². The fourth-order valence-corrected chi connectivity index (χ4v) is 4.40. The zero-order valence-corrected chi connectivity index (χ0v) is 17.8. The number of nitrogens with zero attached hydrogens (tertiary/aromatic N) is 4. The number of urea groups is 1. The Morgan fingerprint density at radius 2 is 2.23 bits per heavy atom. The second-order valence-corrected chi connectivity index (χ2v) is 8.35. The van der Waals surface area contributed by atoms with E-state index in [-0.39, 0.29) is 18.6 Å². The lowest BCUT2D eigenvalue weighted by molar-refractivity contribution is -0.139. The highest BCUT2D eigenvalue weighted by Gasteiger charge is 2.36. The van der Waals surface area contributed by atoms with Crippen LogP contribution in [0.2, 0.25) is 0 Å². The van der Waals surface area contributed by atoms with E-state index in [1.54, 1.807) is 29.4 Å². The van der Waals surface area contributed by atoms with E-state index in [0.29, 0.717) is 18.7 Å².